The fraction of sp³-hybridized carbons (Fsp3) is 0.276. The van der Waals surface area contributed by atoms with Crippen molar-refractivity contribution in [1.82, 2.24) is 0 Å². The molecule has 0 radical (unpaired) electrons. The molecule has 0 fully saturated rings. The Balaban J connectivity index is 1.58. The average Bonchev–Trinajstić information content (AvgIpc) is 2.90. The van der Waals surface area contributed by atoms with E-state index >= 15 is 0 Å². The van der Waals surface area contributed by atoms with Crippen LogP contribution in [0.2, 0.25) is 0 Å². The zero-order chi connectivity index (χ0) is 25.8. The van der Waals surface area contributed by atoms with Crippen LogP contribution in [0.5, 0.6) is 23.0 Å². The molecule has 0 aromatic heterocycles. The Morgan fingerprint density at radius 2 is 1.19 bits per heavy atom. The van der Waals surface area contributed by atoms with Gasteiger partial charge in [-0.3, -0.25) is 0 Å². The maximum atomic E-state index is 12.6. The van der Waals surface area contributed by atoms with Crippen molar-refractivity contribution in [3.63, 3.8) is 0 Å². The van der Waals surface area contributed by atoms with E-state index in [2.05, 4.69) is 13.0 Å². The topological polar surface area (TPSA) is 94.9 Å². The number of rotatable bonds is 12. The summed E-state index contributed by atoms with van der Waals surface area (Å²) >= 11 is 0. The molecule has 0 unspecified atom stereocenters. The summed E-state index contributed by atoms with van der Waals surface area (Å²) < 4.78 is 22.1. The molecule has 186 valence electrons. The predicted octanol–water partition coefficient (Wildman–Crippen LogP) is 6.35. The minimum atomic E-state index is -0.601. The van der Waals surface area contributed by atoms with Crippen molar-refractivity contribution in [2.24, 2.45) is 0 Å². The molecule has 3 rings (SSSR count). The van der Waals surface area contributed by atoms with Crippen molar-refractivity contribution in [3.8, 4) is 29.1 Å². The molecule has 0 spiro atoms. The van der Waals surface area contributed by atoms with Crippen LogP contribution in [-0.2, 0) is 0 Å². The molecule has 0 bridgehead atoms. The summed E-state index contributed by atoms with van der Waals surface area (Å²) in [5.74, 6) is 0.597. The molecule has 0 heterocycles. The molecule has 0 saturated heterocycles. The highest BCUT2D eigenvalue weighted by molar-refractivity contribution is 5.93. The van der Waals surface area contributed by atoms with Gasteiger partial charge >= 0.3 is 11.9 Å². The lowest BCUT2D eigenvalue weighted by atomic mass is 10.1. The van der Waals surface area contributed by atoms with Crippen molar-refractivity contribution in [2.75, 3.05) is 13.2 Å². The van der Waals surface area contributed by atoms with E-state index in [4.69, 9.17) is 18.9 Å². The maximum Gasteiger partial charge on any atom is 0.343 e. The van der Waals surface area contributed by atoms with E-state index in [-0.39, 0.29) is 11.3 Å². The monoisotopic (exact) mass is 487 g/mol. The maximum absolute atomic E-state index is 12.6. The van der Waals surface area contributed by atoms with E-state index in [9.17, 15) is 14.9 Å². The molecule has 0 saturated carbocycles. The van der Waals surface area contributed by atoms with Crippen molar-refractivity contribution < 1.29 is 28.5 Å². The van der Waals surface area contributed by atoms with E-state index < -0.39 is 11.9 Å². The molecule has 0 N–H and O–H groups in total. The number of nitriles is 1. The lowest BCUT2D eigenvalue weighted by molar-refractivity contribution is 0.0730. The number of carbonyl (C=O) groups is 2. The largest absolute Gasteiger partial charge is 0.494 e. The highest BCUT2D eigenvalue weighted by Gasteiger charge is 2.14. The van der Waals surface area contributed by atoms with Gasteiger partial charge in [0.05, 0.1) is 29.9 Å². The lowest BCUT2D eigenvalue weighted by Gasteiger charge is -2.10. The third-order valence-corrected chi connectivity index (χ3v) is 5.19. The second-order valence-electron chi connectivity index (χ2n) is 8.00. The van der Waals surface area contributed by atoms with Gasteiger partial charge in [-0.25, -0.2) is 9.59 Å². The molecule has 0 atom stereocenters. The zero-order valence-electron chi connectivity index (χ0n) is 20.5. The molecule has 36 heavy (non-hydrogen) atoms. The zero-order valence-corrected chi connectivity index (χ0v) is 20.5. The highest BCUT2D eigenvalue weighted by Crippen LogP contribution is 2.23. The molecule has 0 aliphatic heterocycles. The number of esters is 2. The molecule has 0 amide bonds. The molecule has 7 heteroatoms. The van der Waals surface area contributed by atoms with Gasteiger partial charge in [0.15, 0.2) is 0 Å². The number of unbranched alkanes of at least 4 members (excludes halogenated alkanes) is 2. The molecule has 0 aliphatic carbocycles. The van der Waals surface area contributed by atoms with Gasteiger partial charge in [-0.15, -0.1) is 0 Å². The van der Waals surface area contributed by atoms with Gasteiger partial charge in [-0.2, -0.15) is 5.26 Å². The third kappa shape index (κ3) is 7.60. The number of ether oxygens (including phenoxy) is 4. The summed E-state index contributed by atoms with van der Waals surface area (Å²) in [6.07, 6.45) is 3.82. The Kier molecular flexibility index (Phi) is 9.89. The number of hydrogen-bond donors (Lipinski definition) is 0. The van der Waals surface area contributed by atoms with E-state index in [0.29, 0.717) is 35.8 Å². The van der Waals surface area contributed by atoms with E-state index in [1.165, 1.54) is 42.5 Å². The Morgan fingerprint density at radius 1 is 0.694 bits per heavy atom. The van der Waals surface area contributed by atoms with Crippen LogP contribution in [0.3, 0.4) is 0 Å². The Hall–Kier alpha value is -4.31. The van der Waals surface area contributed by atoms with Gasteiger partial charge in [-0.05, 0) is 79.6 Å². The van der Waals surface area contributed by atoms with Crippen molar-refractivity contribution in [3.05, 3.63) is 83.4 Å². The van der Waals surface area contributed by atoms with Crippen LogP contribution in [0.4, 0.5) is 0 Å². The molecule has 7 nitrogen and oxygen atoms in total. The summed E-state index contributed by atoms with van der Waals surface area (Å²) in [5.41, 5.74) is 0.915. The first-order chi connectivity index (χ1) is 17.5. The average molecular weight is 488 g/mol. The lowest BCUT2D eigenvalue weighted by Crippen LogP contribution is -2.11. The van der Waals surface area contributed by atoms with E-state index in [0.717, 1.165) is 31.4 Å². The van der Waals surface area contributed by atoms with Gasteiger partial charge in [0.25, 0.3) is 0 Å². The normalized spacial score (nSPS) is 10.2. The third-order valence-electron chi connectivity index (χ3n) is 5.19. The van der Waals surface area contributed by atoms with Gasteiger partial charge < -0.3 is 18.9 Å². The summed E-state index contributed by atoms with van der Waals surface area (Å²) in [5, 5.41) is 9.27. The van der Waals surface area contributed by atoms with Crippen LogP contribution >= 0.6 is 0 Å². The summed E-state index contributed by atoms with van der Waals surface area (Å²) in [7, 11) is 0. The quantitative estimate of drug-likeness (QED) is 0.167. The first-order valence-electron chi connectivity index (χ1n) is 12.0. The predicted molar refractivity (Wildman–Crippen MR) is 135 cm³/mol. The van der Waals surface area contributed by atoms with Crippen LogP contribution < -0.4 is 18.9 Å². The highest BCUT2D eigenvalue weighted by atomic mass is 16.5. The van der Waals surface area contributed by atoms with Crippen LogP contribution in [0, 0.1) is 11.3 Å². The van der Waals surface area contributed by atoms with Crippen LogP contribution in [0.15, 0.2) is 66.7 Å². The standard InChI is InChI=1S/C29H29NO6/c1-3-5-17-33-24-13-15-26(16-14-24)35-28(31)21-9-11-25(12-10-21)36-29(32)22-7-8-23(20-30)27(19-22)34-18-6-4-2/h7-16,19H,3-6,17-18H2,1-2H3. The molecular formula is C29H29NO6. The second-order valence-corrected chi connectivity index (χ2v) is 8.00. The number of hydrogen-bond acceptors (Lipinski definition) is 7. The number of nitrogens with zero attached hydrogens (tertiary/aromatic N) is 1. The Morgan fingerprint density at radius 3 is 1.78 bits per heavy atom. The van der Waals surface area contributed by atoms with Crippen molar-refractivity contribution >= 4 is 11.9 Å². The van der Waals surface area contributed by atoms with Crippen molar-refractivity contribution in [1.29, 1.82) is 5.26 Å². The van der Waals surface area contributed by atoms with Gasteiger partial charge in [-0.1, -0.05) is 26.7 Å². The summed E-state index contributed by atoms with van der Waals surface area (Å²) in [6.45, 7) is 5.23. The van der Waals surface area contributed by atoms with Crippen LogP contribution in [0.1, 0.15) is 65.8 Å². The summed E-state index contributed by atoms with van der Waals surface area (Å²) in [4.78, 5) is 25.1. The van der Waals surface area contributed by atoms with Gasteiger partial charge in [0, 0.05) is 0 Å². The molecule has 3 aromatic carbocycles. The number of carbonyl (C=O) groups excluding carboxylic acids is 2. The molecular weight excluding hydrogens is 458 g/mol. The van der Waals surface area contributed by atoms with Crippen LogP contribution in [-0.4, -0.2) is 25.2 Å². The Labute approximate surface area is 211 Å². The fourth-order valence-corrected chi connectivity index (χ4v) is 3.12. The minimum Gasteiger partial charge on any atom is -0.494 e. The minimum absolute atomic E-state index is 0.256. The van der Waals surface area contributed by atoms with Crippen molar-refractivity contribution in [2.45, 2.75) is 39.5 Å². The Bertz CT molecular complexity index is 1200. The molecule has 0 aliphatic rings. The first-order valence-corrected chi connectivity index (χ1v) is 12.0. The first kappa shape index (κ1) is 26.3. The fourth-order valence-electron chi connectivity index (χ4n) is 3.12. The van der Waals surface area contributed by atoms with Crippen LogP contribution in [0.25, 0.3) is 0 Å². The second kappa shape index (κ2) is 13.5. The van der Waals surface area contributed by atoms with Gasteiger partial charge in [0.1, 0.15) is 29.1 Å². The number of benzene rings is 3. The summed E-state index contributed by atoms with van der Waals surface area (Å²) in [6, 6.07) is 19.5. The SMILES string of the molecule is CCCCOc1ccc(OC(=O)c2ccc(OC(=O)c3ccc(C#N)c(OCCCC)c3)cc2)cc1. The molecule has 3 aromatic rings. The smallest absolute Gasteiger partial charge is 0.343 e. The van der Waals surface area contributed by atoms with Gasteiger partial charge in [0.2, 0.25) is 0 Å². The van der Waals surface area contributed by atoms with E-state index in [1.807, 2.05) is 6.92 Å². The van der Waals surface area contributed by atoms with E-state index in [1.54, 1.807) is 24.3 Å².